The molecule has 0 saturated carbocycles. The maximum Gasteiger partial charge on any atom is 0.306 e. The molecule has 0 aliphatic heterocycles. The van der Waals surface area contributed by atoms with E-state index < -0.39 is 26.5 Å². The van der Waals surface area contributed by atoms with Crippen LogP contribution >= 0.6 is 7.82 Å². The largest absolute Gasteiger partial charge is 0.756 e. The topological polar surface area (TPSA) is 111 Å². The van der Waals surface area contributed by atoms with Gasteiger partial charge in [0.2, 0.25) is 0 Å². The van der Waals surface area contributed by atoms with E-state index in [-0.39, 0.29) is 32.0 Å². The summed E-state index contributed by atoms with van der Waals surface area (Å²) in [4.78, 5) is 38.1. The van der Waals surface area contributed by atoms with Gasteiger partial charge < -0.3 is 27.9 Å². The second-order valence-electron chi connectivity index (χ2n) is 28.5. The van der Waals surface area contributed by atoms with E-state index in [1.807, 2.05) is 21.1 Å². The Balaban J connectivity index is 3.83. The minimum absolute atomic E-state index is 0.0247. The van der Waals surface area contributed by atoms with Gasteiger partial charge in [-0.3, -0.25) is 14.2 Å². The molecule has 0 heterocycles. The van der Waals surface area contributed by atoms with Crippen molar-refractivity contribution in [1.29, 1.82) is 0 Å². The molecule has 0 aromatic rings. The van der Waals surface area contributed by atoms with E-state index >= 15 is 0 Å². The van der Waals surface area contributed by atoms with Crippen molar-refractivity contribution in [2.24, 2.45) is 0 Å². The van der Waals surface area contributed by atoms with Crippen LogP contribution in [0.1, 0.15) is 431 Å². The van der Waals surface area contributed by atoms with Gasteiger partial charge in [-0.25, -0.2) is 0 Å². The molecule has 0 saturated heterocycles. The fourth-order valence-electron chi connectivity index (χ4n) is 12.4. The Morgan fingerprint density at radius 1 is 0.310 bits per heavy atom. The summed E-state index contributed by atoms with van der Waals surface area (Å²) in [5.74, 6) is -0.802. The van der Waals surface area contributed by atoms with Gasteiger partial charge in [-0.15, -0.1) is 0 Å². The third-order valence-electron chi connectivity index (χ3n) is 18.4. The lowest BCUT2D eigenvalue weighted by Gasteiger charge is -2.28. The number of phosphoric ester groups is 1. The fraction of sp³-hybridized carbons (Fsp3) is 0.974. The third-order valence-corrected chi connectivity index (χ3v) is 19.3. The van der Waals surface area contributed by atoms with E-state index in [9.17, 15) is 19.0 Å². The van der Waals surface area contributed by atoms with Gasteiger partial charge in [0.15, 0.2) is 6.10 Å². The highest BCUT2D eigenvalue weighted by Gasteiger charge is 2.22. The highest BCUT2D eigenvalue weighted by atomic mass is 31.2. The predicted octanol–water partition coefficient (Wildman–Crippen LogP) is 25.0. The number of unbranched alkanes of at least 4 members (excludes halogenated alkanes) is 61. The number of hydrogen-bond acceptors (Lipinski definition) is 8. The number of esters is 2. The van der Waals surface area contributed by atoms with Crippen LogP contribution in [0.5, 0.6) is 0 Å². The van der Waals surface area contributed by atoms with Gasteiger partial charge in [0, 0.05) is 12.8 Å². The van der Waals surface area contributed by atoms with Crippen LogP contribution in [0.4, 0.5) is 0 Å². The van der Waals surface area contributed by atoms with Gasteiger partial charge in [0.25, 0.3) is 7.82 Å². The van der Waals surface area contributed by atoms with E-state index in [1.165, 1.54) is 366 Å². The summed E-state index contributed by atoms with van der Waals surface area (Å²) in [5.41, 5.74) is 0. The van der Waals surface area contributed by atoms with E-state index in [0.717, 1.165) is 32.1 Å². The SMILES string of the molecule is CCCCCCCCCCCCCCCCCCCCCCCCCCCCCCCCCCCCCCCCCCCC(=O)OC(COC(=O)CCCCCCCCCCCCCCCCCCCCCCCC)COP(=O)([O-])OCC[N+](C)(C)C. The number of nitrogens with zero attached hydrogens (tertiary/aromatic N) is 1. The van der Waals surface area contributed by atoms with Gasteiger partial charge >= 0.3 is 11.9 Å². The van der Waals surface area contributed by atoms with Crippen LogP contribution < -0.4 is 4.89 Å². The van der Waals surface area contributed by atoms with Crippen molar-refractivity contribution < 1.29 is 42.1 Å². The average Bonchev–Trinajstić information content (AvgIpc) is 3.50. The number of hydrogen-bond donors (Lipinski definition) is 0. The van der Waals surface area contributed by atoms with E-state index in [0.29, 0.717) is 17.4 Å². The molecule has 0 fully saturated rings. The Morgan fingerprint density at radius 2 is 0.517 bits per heavy atom. The number of carbonyl (C=O) groups is 2. The summed E-state index contributed by atoms with van der Waals surface area (Å²) in [6.07, 6.45) is 85.3. The first-order valence-electron chi connectivity index (χ1n) is 39.2. The number of carbonyl (C=O) groups excluding carboxylic acids is 2. The Bertz CT molecular complexity index is 1420. The molecule has 0 aromatic carbocycles. The zero-order valence-electron chi connectivity index (χ0n) is 59.5. The number of ether oxygens (including phenoxy) is 2. The van der Waals surface area contributed by atoms with Gasteiger partial charge in [-0.1, -0.05) is 406 Å². The summed E-state index contributed by atoms with van der Waals surface area (Å²) in [6, 6.07) is 0. The molecule has 0 rings (SSSR count). The van der Waals surface area contributed by atoms with Gasteiger partial charge in [0.1, 0.15) is 19.8 Å². The third kappa shape index (κ3) is 73.9. The summed E-state index contributed by atoms with van der Waals surface area (Å²) >= 11 is 0. The van der Waals surface area contributed by atoms with Gasteiger partial charge in [-0.05, 0) is 12.8 Å². The monoisotopic (exact) mass is 1250 g/mol. The maximum atomic E-state index is 12.9. The molecule has 0 aliphatic rings. The van der Waals surface area contributed by atoms with E-state index in [1.54, 1.807) is 0 Å². The highest BCUT2D eigenvalue weighted by molar-refractivity contribution is 7.45. The van der Waals surface area contributed by atoms with Crippen molar-refractivity contribution in [3.63, 3.8) is 0 Å². The maximum absolute atomic E-state index is 12.9. The summed E-state index contributed by atoms with van der Waals surface area (Å²) in [7, 11) is 1.20. The minimum Gasteiger partial charge on any atom is -0.756 e. The van der Waals surface area contributed by atoms with Crippen LogP contribution in [0.3, 0.4) is 0 Å². The first-order valence-corrected chi connectivity index (χ1v) is 40.7. The molecule has 0 spiro atoms. The summed E-state index contributed by atoms with van der Waals surface area (Å²) < 4.78 is 34.4. The molecular formula is C77H154NO8P. The van der Waals surface area contributed by atoms with Crippen molar-refractivity contribution in [3.8, 4) is 0 Å². The molecule has 2 atom stereocenters. The van der Waals surface area contributed by atoms with Crippen LogP contribution in [0.25, 0.3) is 0 Å². The predicted molar refractivity (Wildman–Crippen MR) is 375 cm³/mol. The molecule has 0 radical (unpaired) electrons. The first kappa shape index (κ1) is 86.0. The Labute approximate surface area is 544 Å². The van der Waals surface area contributed by atoms with Crippen molar-refractivity contribution in [2.45, 2.75) is 437 Å². The lowest BCUT2D eigenvalue weighted by atomic mass is 10.0. The minimum atomic E-state index is -4.64. The van der Waals surface area contributed by atoms with Crippen LogP contribution in [-0.4, -0.2) is 70.0 Å². The number of quaternary nitrogens is 1. The average molecular weight is 1250 g/mol. The molecule has 87 heavy (non-hydrogen) atoms. The number of phosphoric acid groups is 1. The van der Waals surface area contributed by atoms with Crippen molar-refractivity contribution in [3.05, 3.63) is 0 Å². The first-order chi connectivity index (χ1) is 42.5. The second kappa shape index (κ2) is 69.4. The van der Waals surface area contributed by atoms with Crippen LogP contribution in [0, 0.1) is 0 Å². The zero-order valence-corrected chi connectivity index (χ0v) is 60.4. The molecular weight excluding hydrogens is 1100 g/mol. The fourth-order valence-corrected chi connectivity index (χ4v) is 13.1. The highest BCUT2D eigenvalue weighted by Crippen LogP contribution is 2.38. The van der Waals surface area contributed by atoms with Crippen molar-refractivity contribution in [2.75, 3.05) is 47.5 Å². The second-order valence-corrected chi connectivity index (χ2v) is 29.9. The van der Waals surface area contributed by atoms with Gasteiger partial charge in [-0.2, -0.15) is 0 Å². The zero-order chi connectivity index (χ0) is 63.4. The lowest BCUT2D eigenvalue weighted by Crippen LogP contribution is -2.37. The lowest BCUT2D eigenvalue weighted by molar-refractivity contribution is -0.870. The van der Waals surface area contributed by atoms with E-state index in [2.05, 4.69) is 13.8 Å². The van der Waals surface area contributed by atoms with Crippen LogP contribution in [0.15, 0.2) is 0 Å². The van der Waals surface area contributed by atoms with Crippen LogP contribution in [-0.2, 0) is 32.7 Å². The van der Waals surface area contributed by atoms with E-state index in [4.69, 9.17) is 18.5 Å². The summed E-state index contributed by atoms with van der Waals surface area (Å²) in [6.45, 7) is 4.34. The molecule has 9 nitrogen and oxygen atoms in total. The molecule has 0 aromatic heterocycles. The molecule has 0 aliphatic carbocycles. The molecule has 0 N–H and O–H groups in total. The van der Waals surface area contributed by atoms with Crippen LogP contribution in [0.2, 0.25) is 0 Å². The Hall–Kier alpha value is -0.990. The van der Waals surface area contributed by atoms with Crippen molar-refractivity contribution >= 4 is 19.8 Å². The molecule has 520 valence electrons. The summed E-state index contributed by atoms with van der Waals surface area (Å²) in [5, 5.41) is 0. The van der Waals surface area contributed by atoms with Crippen molar-refractivity contribution in [1.82, 2.24) is 0 Å². The van der Waals surface area contributed by atoms with Gasteiger partial charge in [0.05, 0.1) is 27.7 Å². The standard InChI is InChI=1S/C77H154NO8P/c1-6-8-10-12-14-16-18-20-22-24-26-28-30-31-32-33-34-35-36-37-38-39-40-41-42-43-44-45-46-47-48-50-52-54-56-58-60-62-64-66-68-70-77(80)86-75(74-85-87(81,82)84-72-71-78(3,4)5)73-83-76(79)69-67-65-63-61-59-57-55-53-51-49-29-27-25-23-21-19-17-15-13-11-9-7-2/h75H,6-74H2,1-5H3. The number of likely N-dealkylation sites (N-methyl/N-ethyl adjacent to an activating group) is 1. The quantitative estimate of drug-likeness (QED) is 0.0256. The molecule has 0 amide bonds. The normalized spacial score (nSPS) is 12.9. The smallest absolute Gasteiger partial charge is 0.306 e. The Morgan fingerprint density at radius 3 is 0.736 bits per heavy atom. The molecule has 0 bridgehead atoms. The molecule has 10 heteroatoms. The Kier molecular flexibility index (Phi) is 68.6. The molecule has 2 unspecified atom stereocenters. The number of rotatable bonds is 75.